The summed E-state index contributed by atoms with van der Waals surface area (Å²) in [6.07, 6.45) is 0. The minimum atomic E-state index is -1.34. The summed E-state index contributed by atoms with van der Waals surface area (Å²) in [5.74, 6) is 0. The molecular formula is C16H31ISi3. The molecule has 0 aromatic heterocycles. The van der Waals surface area contributed by atoms with Crippen molar-refractivity contribution in [2.24, 2.45) is 0 Å². The summed E-state index contributed by atoms with van der Waals surface area (Å²) in [6, 6.07) is 9.50. The first-order valence-corrected chi connectivity index (χ1v) is 19.1. The quantitative estimate of drug-likeness (QED) is 0.393. The first-order valence-electron chi connectivity index (χ1n) is 7.51. The standard InChI is InChI=1S/C16H31ISi3/c1-18(2,3)16(19(4,5)6,20(7,8)9)14-10-12-15(17)13-11-14/h10-13H,1-9H3. The Kier molecular flexibility index (Phi) is 5.28. The molecule has 114 valence electrons. The van der Waals surface area contributed by atoms with Crippen molar-refractivity contribution >= 4 is 46.8 Å². The van der Waals surface area contributed by atoms with Gasteiger partial charge in [0.15, 0.2) is 0 Å². The van der Waals surface area contributed by atoms with E-state index in [9.17, 15) is 0 Å². The molecule has 0 fully saturated rings. The topological polar surface area (TPSA) is 0 Å². The first kappa shape index (κ1) is 18.6. The van der Waals surface area contributed by atoms with Crippen LogP contribution in [0.5, 0.6) is 0 Å². The van der Waals surface area contributed by atoms with Crippen LogP contribution in [0.3, 0.4) is 0 Å². The molecule has 0 heterocycles. The summed E-state index contributed by atoms with van der Waals surface area (Å²) in [5.41, 5.74) is 1.65. The van der Waals surface area contributed by atoms with Gasteiger partial charge in [-0.15, -0.1) is 0 Å². The second kappa shape index (κ2) is 5.66. The van der Waals surface area contributed by atoms with Crippen molar-refractivity contribution in [3.05, 3.63) is 33.4 Å². The molecule has 0 spiro atoms. The highest BCUT2D eigenvalue weighted by molar-refractivity contribution is 14.1. The maximum absolute atomic E-state index is 2.60. The summed E-state index contributed by atoms with van der Waals surface area (Å²) in [4.78, 5) is 0. The van der Waals surface area contributed by atoms with Gasteiger partial charge in [-0.1, -0.05) is 71.1 Å². The van der Waals surface area contributed by atoms with Gasteiger partial charge in [-0.05, 0) is 44.6 Å². The lowest BCUT2D eigenvalue weighted by atomic mass is 10.2. The van der Waals surface area contributed by atoms with Crippen LogP contribution < -0.4 is 0 Å². The van der Waals surface area contributed by atoms with Gasteiger partial charge < -0.3 is 0 Å². The molecule has 20 heavy (non-hydrogen) atoms. The molecule has 0 radical (unpaired) electrons. The average molecular weight is 435 g/mol. The van der Waals surface area contributed by atoms with Crippen LogP contribution >= 0.6 is 22.6 Å². The fourth-order valence-electron chi connectivity index (χ4n) is 5.37. The molecule has 0 amide bonds. The molecule has 0 atom stereocenters. The zero-order valence-corrected chi connectivity index (χ0v) is 19.8. The van der Waals surface area contributed by atoms with Gasteiger partial charge in [0.1, 0.15) is 0 Å². The van der Waals surface area contributed by atoms with Gasteiger partial charge in [0, 0.05) is 27.8 Å². The normalized spacial score (nSPS) is 14.5. The molecule has 4 heteroatoms. The Balaban J connectivity index is 3.77. The molecule has 1 aromatic carbocycles. The first-order chi connectivity index (χ1) is 8.75. The van der Waals surface area contributed by atoms with E-state index in [4.69, 9.17) is 0 Å². The molecule has 1 rings (SSSR count). The van der Waals surface area contributed by atoms with Crippen LogP contribution in [0.15, 0.2) is 24.3 Å². The molecule has 0 nitrogen and oxygen atoms in total. The van der Waals surface area contributed by atoms with Gasteiger partial charge in [-0.2, -0.15) is 0 Å². The van der Waals surface area contributed by atoms with E-state index in [0.717, 1.165) is 0 Å². The monoisotopic (exact) mass is 434 g/mol. The maximum atomic E-state index is 2.60. The second-order valence-electron chi connectivity index (χ2n) is 9.01. The van der Waals surface area contributed by atoms with Crippen LogP contribution in [0.2, 0.25) is 58.9 Å². The molecule has 0 aliphatic heterocycles. The number of rotatable bonds is 4. The summed E-state index contributed by atoms with van der Waals surface area (Å²) < 4.78 is 1.86. The lowest BCUT2D eigenvalue weighted by Gasteiger charge is -2.59. The van der Waals surface area contributed by atoms with Gasteiger partial charge in [0.2, 0.25) is 0 Å². The van der Waals surface area contributed by atoms with Gasteiger partial charge >= 0.3 is 0 Å². The van der Waals surface area contributed by atoms with Crippen molar-refractivity contribution < 1.29 is 0 Å². The Hall–Kier alpha value is 0.601. The van der Waals surface area contributed by atoms with Crippen LogP contribution in [-0.2, 0) is 4.28 Å². The van der Waals surface area contributed by atoms with E-state index < -0.39 is 24.2 Å². The maximum Gasteiger partial charge on any atom is 0.0499 e. The van der Waals surface area contributed by atoms with Crippen molar-refractivity contribution in [3.63, 3.8) is 0 Å². The van der Waals surface area contributed by atoms with Crippen molar-refractivity contribution in [2.45, 2.75) is 63.2 Å². The van der Waals surface area contributed by atoms with Crippen molar-refractivity contribution in [2.75, 3.05) is 0 Å². The van der Waals surface area contributed by atoms with Crippen molar-refractivity contribution in [3.8, 4) is 0 Å². The highest BCUT2D eigenvalue weighted by Gasteiger charge is 2.60. The molecule has 0 aliphatic carbocycles. The molecular weight excluding hydrogens is 403 g/mol. The number of halogens is 1. The smallest absolute Gasteiger partial charge is 0.0499 e. The summed E-state index contributed by atoms with van der Waals surface area (Å²) in [6.45, 7) is 23.4. The predicted octanol–water partition coefficient (Wildman–Crippen LogP) is 6.16. The predicted molar refractivity (Wildman–Crippen MR) is 111 cm³/mol. The third kappa shape index (κ3) is 3.03. The lowest BCUT2D eigenvalue weighted by molar-refractivity contribution is 1.01. The van der Waals surface area contributed by atoms with Crippen LogP contribution in [-0.4, -0.2) is 24.2 Å². The number of hydrogen-bond acceptors (Lipinski definition) is 0. The lowest BCUT2D eigenvalue weighted by Crippen LogP contribution is -2.74. The van der Waals surface area contributed by atoms with E-state index in [1.54, 1.807) is 5.56 Å². The Morgan fingerprint density at radius 3 is 1.20 bits per heavy atom. The zero-order valence-electron chi connectivity index (χ0n) is 14.7. The SMILES string of the molecule is C[Si](C)(C)C(c1ccc(I)cc1)([Si](C)(C)C)[Si](C)(C)C. The molecule has 0 saturated heterocycles. The Labute approximate surface area is 142 Å². The largest absolute Gasteiger partial charge is 0.0693 e. The third-order valence-electron chi connectivity index (χ3n) is 4.65. The van der Waals surface area contributed by atoms with Crippen molar-refractivity contribution in [1.29, 1.82) is 0 Å². The van der Waals surface area contributed by atoms with Crippen LogP contribution in [0.25, 0.3) is 0 Å². The van der Waals surface area contributed by atoms with Crippen LogP contribution in [0.1, 0.15) is 5.56 Å². The fourth-order valence-corrected chi connectivity index (χ4v) is 35.8. The molecule has 0 bridgehead atoms. The van der Waals surface area contributed by atoms with Crippen molar-refractivity contribution in [1.82, 2.24) is 0 Å². The van der Waals surface area contributed by atoms with E-state index in [2.05, 4.69) is 106 Å². The summed E-state index contributed by atoms with van der Waals surface area (Å²) in [7, 11) is -4.03. The van der Waals surface area contributed by atoms with Gasteiger partial charge in [-0.25, -0.2) is 0 Å². The Bertz CT molecular complexity index is 422. The minimum absolute atomic E-state index is 0.511. The van der Waals surface area contributed by atoms with E-state index in [-0.39, 0.29) is 0 Å². The van der Waals surface area contributed by atoms with Crippen LogP contribution in [0, 0.1) is 3.57 Å². The van der Waals surface area contributed by atoms with Gasteiger partial charge in [-0.3, -0.25) is 0 Å². The van der Waals surface area contributed by atoms with E-state index in [1.807, 2.05) is 0 Å². The fraction of sp³-hybridized carbons (Fsp3) is 0.625. The summed E-state index contributed by atoms with van der Waals surface area (Å²) >= 11 is 2.42. The van der Waals surface area contributed by atoms with Crippen LogP contribution in [0.4, 0.5) is 0 Å². The third-order valence-corrected chi connectivity index (χ3v) is 26.5. The van der Waals surface area contributed by atoms with E-state index in [0.29, 0.717) is 4.28 Å². The highest BCUT2D eigenvalue weighted by atomic mass is 127. The molecule has 0 N–H and O–H groups in total. The van der Waals surface area contributed by atoms with Gasteiger partial charge in [0.25, 0.3) is 0 Å². The molecule has 0 saturated carbocycles. The highest BCUT2D eigenvalue weighted by Crippen LogP contribution is 2.49. The summed E-state index contributed by atoms with van der Waals surface area (Å²) in [5, 5.41) is 0. The Morgan fingerprint density at radius 1 is 0.650 bits per heavy atom. The van der Waals surface area contributed by atoms with E-state index in [1.165, 1.54) is 3.57 Å². The van der Waals surface area contributed by atoms with Gasteiger partial charge in [0.05, 0.1) is 0 Å². The number of hydrogen-bond donors (Lipinski definition) is 0. The Morgan fingerprint density at radius 2 is 0.950 bits per heavy atom. The zero-order chi connectivity index (χ0) is 16.0. The average Bonchev–Trinajstić information content (AvgIpc) is 2.14. The number of benzene rings is 1. The van der Waals surface area contributed by atoms with E-state index >= 15 is 0 Å². The molecule has 0 unspecified atom stereocenters. The minimum Gasteiger partial charge on any atom is -0.0693 e. The molecule has 0 aliphatic rings. The second-order valence-corrected chi connectivity index (χ2v) is 27.5. The molecule has 1 aromatic rings.